The number of hydrogen-bond acceptors (Lipinski definition) is 2. The smallest absolute Gasteiger partial charge is 0.419 e. The number of aryl methyl sites for hydroxylation is 1. The second-order valence-electron chi connectivity index (χ2n) is 3.68. The number of Topliss-reactive ketones (excluding diaryl/α,β-unsaturated/α-hetero) is 1. The topological polar surface area (TPSA) is 26.3 Å². The zero-order valence-electron chi connectivity index (χ0n) is 9.81. The van der Waals surface area contributed by atoms with Crippen LogP contribution in [0.15, 0.2) is 12.1 Å². The van der Waals surface area contributed by atoms with Crippen molar-refractivity contribution in [3.63, 3.8) is 0 Å². The van der Waals surface area contributed by atoms with Gasteiger partial charge in [-0.1, -0.05) is 0 Å². The third-order valence-electron chi connectivity index (χ3n) is 2.21. The van der Waals surface area contributed by atoms with E-state index < -0.39 is 17.5 Å². The quantitative estimate of drug-likeness (QED) is 0.761. The summed E-state index contributed by atoms with van der Waals surface area (Å²) in [7, 11) is 0. The van der Waals surface area contributed by atoms with E-state index in [4.69, 9.17) is 4.74 Å². The van der Waals surface area contributed by atoms with E-state index in [1.54, 1.807) is 6.92 Å². The minimum absolute atomic E-state index is 0.0285. The lowest BCUT2D eigenvalue weighted by molar-refractivity contribution is -0.139. The minimum Gasteiger partial charge on any atom is -0.492 e. The third kappa shape index (κ3) is 2.99. The number of carbonyl (C=O) groups excluding carboxylic acids is 1. The Bertz CT molecular complexity index is 436. The summed E-state index contributed by atoms with van der Waals surface area (Å²) in [6, 6.07) is 2.39. The lowest BCUT2D eigenvalue weighted by Crippen LogP contribution is -2.12. The summed E-state index contributed by atoms with van der Waals surface area (Å²) >= 11 is 0. The lowest BCUT2D eigenvalue weighted by atomic mass is 10.0. The molecular weight excluding hydrogens is 233 g/mol. The Kier molecular flexibility index (Phi) is 3.80. The number of benzene rings is 1. The van der Waals surface area contributed by atoms with Crippen LogP contribution in [0.1, 0.15) is 35.3 Å². The predicted molar refractivity (Wildman–Crippen MR) is 57.4 cm³/mol. The summed E-state index contributed by atoms with van der Waals surface area (Å²) in [5.41, 5.74) is -0.547. The summed E-state index contributed by atoms with van der Waals surface area (Å²) in [4.78, 5) is 11.3. The van der Waals surface area contributed by atoms with Gasteiger partial charge in [-0.15, -0.1) is 0 Å². The van der Waals surface area contributed by atoms with Crippen LogP contribution in [-0.2, 0) is 6.18 Å². The highest BCUT2D eigenvalue weighted by Crippen LogP contribution is 2.39. The van der Waals surface area contributed by atoms with Crippen LogP contribution < -0.4 is 4.74 Å². The fourth-order valence-corrected chi connectivity index (χ4v) is 1.55. The molecule has 94 valence electrons. The maximum absolute atomic E-state index is 12.8. The largest absolute Gasteiger partial charge is 0.492 e. The van der Waals surface area contributed by atoms with Gasteiger partial charge in [-0.2, -0.15) is 13.2 Å². The maximum atomic E-state index is 12.8. The summed E-state index contributed by atoms with van der Waals surface area (Å²) in [5, 5.41) is 0. The average Bonchev–Trinajstić information content (AvgIpc) is 2.18. The van der Waals surface area contributed by atoms with Crippen LogP contribution in [0.25, 0.3) is 0 Å². The van der Waals surface area contributed by atoms with E-state index in [0.29, 0.717) is 5.56 Å². The van der Waals surface area contributed by atoms with Gasteiger partial charge in [0.2, 0.25) is 0 Å². The van der Waals surface area contributed by atoms with Crippen molar-refractivity contribution in [2.75, 3.05) is 6.61 Å². The summed E-state index contributed by atoms with van der Waals surface area (Å²) in [5.74, 6) is -0.819. The van der Waals surface area contributed by atoms with E-state index in [-0.39, 0.29) is 17.9 Å². The molecule has 0 spiro atoms. The average molecular weight is 246 g/mol. The fourth-order valence-electron chi connectivity index (χ4n) is 1.55. The SMILES string of the molecule is CCOc1c(C(C)=O)cc(C)cc1C(F)(F)F. The Labute approximate surface area is 97.4 Å². The van der Waals surface area contributed by atoms with E-state index in [1.165, 1.54) is 19.9 Å². The molecule has 0 aliphatic rings. The van der Waals surface area contributed by atoms with Crippen molar-refractivity contribution in [3.8, 4) is 5.75 Å². The van der Waals surface area contributed by atoms with Gasteiger partial charge in [0.25, 0.3) is 0 Å². The zero-order valence-corrected chi connectivity index (χ0v) is 9.81. The van der Waals surface area contributed by atoms with Crippen molar-refractivity contribution in [2.24, 2.45) is 0 Å². The monoisotopic (exact) mass is 246 g/mol. The van der Waals surface area contributed by atoms with E-state index >= 15 is 0 Å². The molecule has 2 nitrogen and oxygen atoms in total. The van der Waals surface area contributed by atoms with Gasteiger partial charge in [0.1, 0.15) is 5.75 Å². The Morgan fingerprint density at radius 3 is 2.35 bits per heavy atom. The van der Waals surface area contributed by atoms with Crippen molar-refractivity contribution >= 4 is 5.78 Å². The van der Waals surface area contributed by atoms with Gasteiger partial charge in [0, 0.05) is 0 Å². The Balaban J connectivity index is 3.51. The molecule has 0 bridgehead atoms. The first-order valence-electron chi connectivity index (χ1n) is 5.13. The van der Waals surface area contributed by atoms with Crippen molar-refractivity contribution in [2.45, 2.75) is 26.9 Å². The normalized spacial score (nSPS) is 11.4. The van der Waals surface area contributed by atoms with Gasteiger partial charge < -0.3 is 4.74 Å². The van der Waals surface area contributed by atoms with Crippen LogP contribution in [0, 0.1) is 6.92 Å². The Morgan fingerprint density at radius 2 is 1.94 bits per heavy atom. The molecule has 0 N–H and O–H groups in total. The van der Waals surface area contributed by atoms with Crippen LogP contribution in [0.2, 0.25) is 0 Å². The number of halogens is 3. The number of hydrogen-bond donors (Lipinski definition) is 0. The molecule has 0 atom stereocenters. The molecular formula is C12H13F3O2. The number of ether oxygens (including phenoxy) is 1. The number of carbonyl (C=O) groups is 1. The third-order valence-corrected chi connectivity index (χ3v) is 2.21. The van der Waals surface area contributed by atoms with E-state index in [2.05, 4.69) is 0 Å². The molecule has 0 unspecified atom stereocenters. The molecule has 0 aromatic heterocycles. The zero-order chi connectivity index (χ0) is 13.2. The van der Waals surface area contributed by atoms with Crippen LogP contribution >= 0.6 is 0 Å². The molecule has 0 saturated carbocycles. The van der Waals surface area contributed by atoms with E-state index in [1.807, 2.05) is 0 Å². The summed E-state index contributed by atoms with van der Waals surface area (Å²) < 4.78 is 43.4. The molecule has 0 saturated heterocycles. The molecule has 0 aliphatic carbocycles. The summed E-state index contributed by atoms with van der Waals surface area (Å²) in [6.45, 7) is 4.38. The number of alkyl halides is 3. The molecule has 0 fully saturated rings. The van der Waals surface area contributed by atoms with Crippen molar-refractivity contribution < 1.29 is 22.7 Å². The van der Waals surface area contributed by atoms with E-state index in [9.17, 15) is 18.0 Å². The highest BCUT2D eigenvalue weighted by molar-refractivity contribution is 5.97. The molecule has 17 heavy (non-hydrogen) atoms. The van der Waals surface area contributed by atoms with Crippen molar-refractivity contribution in [3.05, 3.63) is 28.8 Å². The number of rotatable bonds is 3. The van der Waals surface area contributed by atoms with Crippen LogP contribution in [0.3, 0.4) is 0 Å². The minimum atomic E-state index is -4.53. The summed E-state index contributed by atoms with van der Waals surface area (Å²) in [6.07, 6.45) is -4.53. The van der Waals surface area contributed by atoms with Gasteiger partial charge in [0.15, 0.2) is 5.78 Å². The molecule has 5 heteroatoms. The van der Waals surface area contributed by atoms with Crippen molar-refractivity contribution in [1.82, 2.24) is 0 Å². The van der Waals surface area contributed by atoms with Gasteiger partial charge in [-0.25, -0.2) is 0 Å². The molecule has 0 aliphatic heterocycles. The molecule has 0 heterocycles. The fraction of sp³-hybridized carbons (Fsp3) is 0.417. The van der Waals surface area contributed by atoms with Gasteiger partial charge in [-0.3, -0.25) is 4.79 Å². The van der Waals surface area contributed by atoms with Crippen molar-refractivity contribution in [1.29, 1.82) is 0 Å². The highest BCUT2D eigenvalue weighted by Gasteiger charge is 2.36. The lowest BCUT2D eigenvalue weighted by Gasteiger charge is -2.16. The molecule has 1 aromatic rings. The van der Waals surface area contributed by atoms with Crippen LogP contribution in [-0.4, -0.2) is 12.4 Å². The molecule has 0 radical (unpaired) electrons. The molecule has 1 aromatic carbocycles. The first-order chi connectivity index (χ1) is 7.77. The highest BCUT2D eigenvalue weighted by atomic mass is 19.4. The van der Waals surface area contributed by atoms with Gasteiger partial charge in [-0.05, 0) is 38.5 Å². The molecule has 0 amide bonds. The van der Waals surface area contributed by atoms with Crippen LogP contribution in [0.5, 0.6) is 5.75 Å². The van der Waals surface area contributed by atoms with Gasteiger partial charge >= 0.3 is 6.18 Å². The second-order valence-corrected chi connectivity index (χ2v) is 3.68. The predicted octanol–water partition coefficient (Wildman–Crippen LogP) is 3.62. The standard InChI is InChI=1S/C12H13F3O2/c1-4-17-11-9(8(3)16)5-7(2)6-10(11)12(13,14)15/h5-6H,4H2,1-3H3. The first-order valence-corrected chi connectivity index (χ1v) is 5.13. The first kappa shape index (κ1) is 13.5. The van der Waals surface area contributed by atoms with E-state index in [0.717, 1.165) is 6.07 Å². The maximum Gasteiger partial charge on any atom is 0.419 e. The molecule has 1 rings (SSSR count). The Hall–Kier alpha value is -1.52. The van der Waals surface area contributed by atoms with Gasteiger partial charge in [0.05, 0.1) is 17.7 Å². The number of ketones is 1. The second kappa shape index (κ2) is 4.77. The Morgan fingerprint density at radius 1 is 1.35 bits per heavy atom. The van der Waals surface area contributed by atoms with Crippen LogP contribution in [0.4, 0.5) is 13.2 Å².